The summed E-state index contributed by atoms with van der Waals surface area (Å²) in [7, 11) is 0. The second-order valence-corrected chi connectivity index (χ2v) is 9.61. The van der Waals surface area contributed by atoms with Gasteiger partial charge in [0.15, 0.2) is 0 Å². The summed E-state index contributed by atoms with van der Waals surface area (Å²) in [5, 5.41) is 8.26. The molecule has 0 unspecified atom stereocenters. The van der Waals surface area contributed by atoms with E-state index in [4.69, 9.17) is 9.72 Å². The average molecular weight is 467 g/mol. The molecule has 0 aliphatic heterocycles. The van der Waals surface area contributed by atoms with Crippen LogP contribution in [0.5, 0.6) is 5.75 Å². The summed E-state index contributed by atoms with van der Waals surface area (Å²) in [6.45, 7) is 6.52. The summed E-state index contributed by atoms with van der Waals surface area (Å²) in [6.07, 6.45) is 1.26. The van der Waals surface area contributed by atoms with Gasteiger partial charge in [-0.15, -0.1) is 11.8 Å². The van der Waals surface area contributed by atoms with E-state index in [1.54, 1.807) is 16.4 Å². The first-order valence-corrected chi connectivity index (χ1v) is 12.4. The third kappa shape index (κ3) is 5.31. The van der Waals surface area contributed by atoms with Gasteiger partial charge in [0.1, 0.15) is 17.1 Å². The largest absolute Gasteiger partial charge is 0.492 e. The van der Waals surface area contributed by atoms with E-state index >= 15 is 0 Å². The third-order valence-electron chi connectivity index (χ3n) is 4.79. The van der Waals surface area contributed by atoms with Gasteiger partial charge in [0.05, 0.1) is 17.0 Å². The van der Waals surface area contributed by atoms with Crippen LogP contribution in [0.3, 0.4) is 0 Å². The van der Waals surface area contributed by atoms with Crippen LogP contribution in [-0.4, -0.2) is 33.0 Å². The summed E-state index contributed by atoms with van der Waals surface area (Å²) in [4.78, 5) is 18.5. The first-order chi connectivity index (χ1) is 15.5. The minimum atomic E-state index is -0.0215. The fourth-order valence-electron chi connectivity index (χ4n) is 3.27. The lowest BCUT2D eigenvalue weighted by atomic mass is 10.2. The molecule has 0 atom stereocenters. The summed E-state index contributed by atoms with van der Waals surface area (Å²) in [5.74, 6) is 2.27. The zero-order valence-corrected chi connectivity index (χ0v) is 20.1. The predicted molar refractivity (Wildman–Crippen MR) is 132 cm³/mol. The number of carbonyl (C=O) groups is 1. The molecule has 0 fully saturated rings. The molecule has 4 aromatic rings. The van der Waals surface area contributed by atoms with Gasteiger partial charge in [0.2, 0.25) is 11.0 Å². The number of hydrogen-bond donors (Lipinski definition) is 1. The molecule has 2 aromatic carbocycles. The smallest absolute Gasteiger partial charge is 0.225 e. The molecule has 1 N–H and O–H groups in total. The Morgan fingerprint density at radius 3 is 2.78 bits per heavy atom. The van der Waals surface area contributed by atoms with E-state index in [0.717, 1.165) is 33.8 Å². The summed E-state index contributed by atoms with van der Waals surface area (Å²) >= 11 is 3.29. The maximum absolute atomic E-state index is 12.6. The Kier molecular flexibility index (Phi) is 7.12. The molecule has 0 saturated heterocycles. The zero-order chi connectivity index (χ0) is 22.5. The number of aromatic nitrogens is 3. The van der Waals surface area contributed by atoms with Crippen LogP contribution in [0.15, 0.2) is 53.4 Å². The predicted octanol–water partition coefficient (Wildman–Crippen LogP) is 6.01. The van der Waals surface area contributed by atoms with Crippen LogP contribution in [0.25, 0.3) is 15.3 Å². The van der Waals surface area contributed by atoms with Gasteiger partial charge in [0.25, 0.3) is 0 Å². The van der Waals surface area contributed by atoms with Gasteiger partial charge >= 0.3 is 0 Å². The number of anilines is 1. The van der Waals surface area contributed by atoms with Crippen LogP contribution in [0.2, 0.25) is 0 Å². The van der Waals surface area contributed by atoms with Crippen molar-refractivity contribution in [3.8, 4) is 10.9 Å². The van der Waals surface area contributed by atoms with Gasteiger partial charge in [-0.25, -0.2) is 4.98 Å². The van der Waals surface area contributed by atoms with Gasteiger partial charge in [0, 0.05) is 17.4 Å². The molecule has 0 radical (unpaired) electrons. The number of fused-ring (bicyclic) bond motifs is 1. The highest BCUT2D eigenvalue weighted by Gasteiger charge is 2.16. The molecule has 0 aliphatic rings. The normalized spacial score (nSPS) is 11.1. The number of thioether (sulfide) groups is 1. The Labute approximate surface area is 196 Å². The summed E-state index contributed by atoms with van der Waals surface area (Å²) in [5.41, 5.74) is 2.88. The van der Waals surface area contributed by atoms with E-state index in [0.29, 0.717) is 24.0 Å². The number of ether oxygens (including phenoxy) is 1. The monoisotopic (exact) mass is 466 g/mol. The van der Waals surface area contributed by atoms with Crippen molar-refractivity contribution in [3.05, 3.63) is 59.8 Å². The van der Waals surface area contributed by atoms with Gasteiger partial charge in [-0.05, 0) is 57.2 Å². The van der Waals surface area contributed by atoms with Gasteiger partial charge < -0.3 is 10.1 Å². The number of benzene rings is 2. The fourth-order valence-corrected chi connectivity index (χ4v) is 5.07. The molecule has 6 nitrogen and oxygen atoms in total. The zero-order valence-electron chi connectivity index (χ0n) is 18.4. The molecule has 4 rings (SSSR count). The minimum absolute atomic E-state index is 0.0215. The maximum Gasteiger partial charge on any atom is 0.225 e. The number of hydrogen-bond acceptors (Lipinski definition) is 6. The first kappa shape index (κ1) is 22.4. The molecule has 0 aliphatic carbocycles. The molecule has 166 valence electrons. The van der Waals surface area contributed by atoms with Gasteiger partial charge in [-0.3, -0.25) is 4.79 Å². The molecule has 2 heterocycles. The average Bonchev–Trinajstić information content (AvgIpc) is 3.36. The topological polar surface area (TPSA) is 69.0 Å². The van der Waals surface area contributed by atoms with Gasteiger partial charge in [-0.2, -0.15) is 9.78 Å². The molecular weight excluding hydrogens is 440 g/mol. The molecule has 32 heavy (non-hydrogen) atoms. The number of thiazole rings is 1. The van der Waals surface area contributed by atoms with E-state index in [-0.39, 0.29) is 5.91 Å². The van der Waals surface area contributed by atoms with Crippen molar-refractivity contribution < 1.29 is 9.53 Å². The van der Waals surface area contributed by atoms with Crippen LogP contribution < -0.4 is 10.1 Å². The van der Waals surface area contributed by atoms with Crippen LogP contribution >= 0.6 is 23.1 Å². The SMILES string of the molecule is CCOc1cccc2sc(-n3nc(C)cc3NC(=O)CCCSc3ccc(C)cc3)nc12. The van der Waals surface area contributed by atoms with Crippen molar-refractivity contribution in [2.24, 2.45) is 0 Å². The van der Waals surface area contributed by atoms with Crippen molar-refractivity contribution in [2.45, 2.75) is 38.5 Å². The minimum Gasteiger partial charge on any atom is -0.492 e. The Morgan fingerprint density at radius 2 is 2.00 bits per heavy atom. The molecule has 1 amide bonds. The third-order valence-corrected chi connectivity index (χ3v) is 6.88. The molecule has 0 saturated carbocycles. The number of rotatable bonds is 9. The standard InChI is InChI=1S/C24H26N4O2S2/c1-4-30-19-7-5-8-20-23(19)26-24(32-20)28-21(15-17(3)27-28)25-22(29)9-6-14-31-18-12-10-16(2)11-13-18/h5,7-8,10-13,15H,4,6,9,14H2,1-3H3,(H,25,29). The van der Waals surface area contributed by atoms with Crippen molar-refractivity contribution in [1.82, 2.24) is 14.8 Å². The van der Waals surface area contributed by atoms with Crippen LogP contribution in [0, 0.1) is 13.8 Å². The number of nitrogens with zero attached hydrogens (tertiary/aromatic N) is 3. The molecule has 0 spiro atoms. The molecule has 8 heteroatoms. The highest BCUT2D eigenvalue weighted by Crippen LogP contribution is 2.32. The number of nitrogens with one attached hydrogen (secondary N) is 1. The highest BCUT2D eigenvalue weighted by atomic mass is 32.2. The maximum atomic E-state index is 12.6. The molecule has 0 bridgehead atoms. The molecule has 2 aromatic heterocycles. The highest BCUT2D eigenvalue weighted by molar-refractivity contribution is 7.99. The Balaban J connectivity index is 1.41. The Morgan fingerprint density at radius 1 is 1.19 bits per heavy atom. The second-order valence-electron chi connectivity index (χ2n) is 7.43. The number of aryl methyl sites for hydroxylation is 2. The van der Waals surface area contributed by atoms with Gasteiger partial charge in [-0.1, -0.05) is 35.1 Å². The van der Waals surface area contributed by atoms with Crippen molar-refractivity contribution in [1.29, 1.82) is 0 Å². The van der Waals surface area contributed by atoms with Crippen molar-refractivity contribution >= 4 is 45.0 Å². The first-order valence-electron chi connectivity index (χ1n) is 10.6. The quantitative estimate of drug-likeness (QED) is 0.242. The van der Waals surface area contributed by atoms with E-state index in [1.165, 1.54) is 21.8 Å². The number of carbonyl (C=O) groups excluding carboxylic acids is 1. The number of para-hydroxylation sites is 1. The second kappa shape index (κ2) is 10.2. The van der Waals surface area contributed by atoms with E-state index < -0.39 is 0 Å². The fraction of sp³-hybridized carbons (Fsp3) is 0.292. The van der Waals surface area contributed by atoms with Crippen molar-refractivity contribution in [3.63, 3.8) is 0 Å². The van der Waals surface area contributed by atoms with Crippen molar-refractivity contribution in [2.75, 3.05) is 17.7 Å². The summed E-state index contributed by atoms with van der Waals surface area (Å²) < 4.78 is 8.42. The summed E-state index contributed by atoms with van der Waals surface area (Å²) in [6, 6.07) is 16.2. The lowest BCUT2D eigenvalue weighted by Gasteiger charge is -2.07. The Bertz CT molecular complexity index is 1210. The van der Waals surface area contributed by atoms with Crippen LogP contribution in [-0.2, 0) is 4.79 Å². The van der Waals surface area contributed by atoms with E-state index in [2.05, 4.69) is 41.6 Å². The lowest BCUT2D eigenvalue weighted by molar-refractivity contribution is -0.116. The lowest BCUT2D eigenvalue weighted by Crippen LogP contribution is -2.14. The van der Waals surface area contributed by atoms with E-state index in [9.17, 15) is 4.79 Å². The molecular formula is C24H26N4O2S2. The number of amides is 1. The van der Waals surface area contributed by atoms with Crippen LogP contribution in [0.1, 0.15) is 31.0 Å². The van der Waals surface area contributed by atoms with Crippen LogP contribution in [0.4, 0.5) is 5.82 Å². The van der Waals surface area contributed by atoms with E-state index in [1.807, 2.05) is 38.1 Å². The Hall–Kier alpha value is -2.84.